The molecule has 3 amide bonds. The maximum absolute atomic E-state index is 13.4. The third-order valence-electron chi connectivity index (χ3n) is 5.70. The molecule has 4 rings (SSSR count). The first-order valence-corrected chi connectivity index (χ1v) is 9.86. The lowest BCUT2D eigenvalue weighted by molar-refractivity contribution is -0.125. The molecule has 0 radical (unpaired) electrons. The molecule has 2 aromatic rings. The van der Waals surface area contributed by atoms with Gasteiger partial charge in [0.15, 0.2) is 0 Å². The largest absolute Gasteiger partial charge is 0.497 e. The molecular formula is C23H25N3O4. The molecule has 0 fully saturated rings. The van der Waals surface area contributed by atoms with Crippen LogP contribution in [0.1, 0.15) is 17.2 Å². The van der Waals surface area contributed by atoms with Crippen molar-refractivity contribution in [1.82, 2.24) is 15.1 Å². The van der Waals surface area contributed by atoms with Crippen LogP contribution >= 0.6 is 0 Å². The van der Waals surface area contributed by atoms with Crippen LogP contribution in [0.3, 0.4) is 0 Å². The van der Waals surface area contributed by atoms with E-state index < -0.39 is 6.04 Å². The summed E-state index contributed by atoms with van der Waals surface area (Å²) >= 11 is 0. The number of rotatable bonds is 6. The SMILES string of the molecule is COc1ccc(OC)c([C@H]2NC(=O)N(C)C3=C2C(=O)N(CCc2ccccc2)C3)c1. The second kappa shape index (κ2) is 8.10. The fraction of sp³-hybridized carbons (Fsp3) is 0.304. The Balaban J connectivity index is 1.66. The number of urea groups is 1. The van der Waals surface area contributed by atoms with E-state index in [4.69, 9.17) is 9.47 Å². The normalized spacial score (nSPS) is 18.4. The second-order valence-electron chi connectivity index (χ2n) is 7.37. The highest BCUT2D eigenvalue weighted by Gasteiger charge is 2.43. The third kappa shape index (κ3) is 3.47. The number of hydrogen-bond donors (Lipinski definition) is 1. The summed E-state index contributed by atoms with van der Waals surface area (Å²) in [6.45, 7) is 0.994. The van der Waals surface area contributed by atoms with E-state index >= 15 is 0 Å². The molecule has 2 heterocycles. The molecular weight excluding hydrogens is 382 g/mol. The summed E-state index contributed by atoms with van der Waals surface area (Å²) in [6.07, 6.45) is 0.755. The van der Waals surface area contributed by atoms with Crippen molar-refractivity contribution in [3.8, 4) is 11.5 Å². The van der Waals surface area contributed by atoms with Crippen molar-refractivity contribution in [2.75, 3.05) is 34.4 Å². The van der Waals surface area contributed by atoms with Crippen LogP contribution in [0.4, 0.5) is 4.79 Å². The zero-order chi connectivity index (χ0) is 21.3. The molecule has 7 nitrogen and oxygen atoms in total. The Kier molecular flexibility index (Phi) is 5.35. The van der Waals surface area contributed by atoms with Crippen molar-refractivity contribution in [2.24, 2.45) is 0 Å². The van der Waals surface area contributed by atoms with E-state index in [1.54, 1.807) is 44.4 Å². The van der Waals surface area contributed by atoms with Crippen LogP contribution in [0.5, 0.6) is 11.5 Å². The van der Waals surface area contributed by atoms with Crippen molar-refractivity contribution in [3.05, 3.63) is 70.9 Å². The minimum Gasteiger partial charge on any atom is -0.497 e. The fourth-order valence-electron chi connectivity index (χ4n) is 4.01. The minimum absolute atomic E-state index is 0.0670. The molecule has 0 unspecified atom stereocenters. The van der Waals surface area contributed by atoms with Crippen LogP contribution < -0.4 is 14.8 Å². The van der Waals surface area contributed by atoms with E-state index in [1.807, 2.05) is 18.2 Å². The van der Waals surface area contributed by atoms with Gasteiger partial charge in [-0.1, -0.05) is 30.3 Å². The molecule has 1 N–H and O–H groups in total. The number of carbonyl (C=O) groups excluding carboxylic acids is 2. The van der Waals surface area contributed by atoms with E-state index in [0.717, 1.165) is 12.1 Å². The van der Waals surface area contributed by atoms with E-state index in [9.17, 15) is 9.59 Å². The number of benzene rings is 2. The molecule has 0 saturated heterocycles. The Labute approximate surface area is 175 Å². The maximum Gasteiger partial charge on any atom is 0.322 e. The van der Waals surface area contributed by atoms with E-state index in [0.29, 0.717) is 35.7 Å². The van der Waals surface area contributed by atoms with Crippen molar-refractivity contribution in [2.45, 2.75) is 12.5 Å². The van der Waals surface area contributed by atoms with Crippen molar-refractivity contribution in [3.63, 3.8) is 0 Å². The molecule has 0 saturated carbocycles. The first-order chi connectivity index (χ1) is 14.5. The number of hydrogen-bond acceptors (Lipinski definition) is 4. The summed E-state index contributed by atoms with van der Waals surface area (Å²) in [6, 6.07) is 14.6. The number of nitrogens with zero attached hydrogens (tertiary/aromatic N) is 2. The highest BCUT2D eigenvalue weighted by atomic mass is 16.5. The molecule has 2 aromatic carbocycles. The molecule has 30 heavy (non-hydrogen) atoms. The second-order valence-corrected chi connectivity index (χ2v) is 7.37. The van der Waals surface area contributed by atoms with Gasteiger partial charge in [-0.05, 0) is 30.2 Å². The molecule has 0 aromatic heterocycles. The summed E-state index contributed by atoms with van der Waals surface area (Å²) in [5, 5.41) is 2.95. The number of likely N-dealkylation sites (N-methyl/N-ethyl adjacent to an activating group) is 1. The standard InChI is InChI=1S/C23H25N3O4/c1-25-18-14-26(12-11-15-7-5-4-6-8-15)22(27)20(18)21(24-23(25)28)17-13-16(29-2)9-10-19(17)30-3/h4-10,13,21H,11-12,14H2,1-3H3,(H,24,28)/t21-/m1/s1. The Morgan fingerprint density at radius 1 is 1.07 bits per heavy atom. The predicted molar refractivity (Wildman–Crippen MR) is 112 cm³/mol. The summed E-state index contributed by atoms with van der Waals surface area (Å²) < 4.78 is 10.9. The van der Waals surface area contributed by atoms with Crippen LogP contribution in [0, 0.1) is 0 Å². The Hall–Kier alpha value is -3.48. The Morgan fingerprint density at radius 2 is 1.83 bits per heavy atom. The van der Waals surface area contributed by atoms with Crippen LogP contribution in [0.2, 0.25) is 0 Å². The maximum atomic E-state index is 13.4. The molecule has 2 aliphatic rings. The first-order valence-electron chi connectivity index (χ1n) is 9.86. The smallest absolute Gasteiger partial charge is 0.322 e. The quantitative estimate of drug-likeness (QED) is 0.799. The molecule has 0 bridgehead atoms. The average Bonchev–Trinajstić information content (AvgIpc) is 3.11. The van der Waals surface area contributed by atoms with Gasteiger partial charge in [-0.25, -0.2) is 4.79 Å². The topological polar surface area (TPSA) is 71.1 Å². The lowest BCUT2D eigenvalue weighted by Gasteiger charge is -2.31. The number of ether oxygens (including phenoxy) is 2. The monoisotopic (exact) mass is 407 g/mol. The third-order valence-corrected chi connectivity index (χ3v) is 5.70. The summed E-state index contributed by atoms with van der Waals surface area (Å²) in [4.78, 5) is 29.3. The van der Waals surface area contributed by atoms with Gasteiger partial charge >= 0.3 is 6.03 Å². The van der Waals surface area contributed by atoms with Crippen molar-refractivity contribution < 1.29 is 19.1 Å². The number of amides is 3. The Bertz CT molecular complexity index is 1000. The van der Waals surface area contributed by atoms with E-state index in [1.165, 1.54) is 10.5 Å². The predicted octanol–water partition coefficient (Wildman–Crippen LogP) is 2.74. The van der Waals surface area contributed by atoms with Crippen molar-refractivity contribution in [1.29, 1.82) is 0 Å². The lowest BCUT2D eigenvalue weighted by Crippen LogP contribution is -2.45. The first kappa shape index (κ1) is 19.8. The van der Waals surface area contributed by atoms with Crippen molar-refractivity contribution >= 4 is 11.9 Å². The van der Waals surface area contributed by atoms with Gasteiger partial charge < -0.3 is 19.7 Å². The van der Waals surface area contributed by atoms with Gasteiger partial charge in [0.25, 0.3) is 5.91 Å². The summed E-state index contributed by atoms with van der Waals surface area (Å²) in [7, 11) is 4.84. The summed E-state index contributed by atoms with van der Waals surface area (Å²) in [5.41, 5.74) is 3.18. The fourth-order valence-corrected chi connectivity index (χ4v) is 4.01. The lowest BCUT2D eigenvalue weighted by atomic mass is 9.94. The minimum atomic E-state index is -0.594. The Morgan fingerprint density at radius 3 is 2.53 bits per heavy atom. The van der Waals surface area contributed by atoms with Gasteiger partial charge in [-0.3, -0.25) is 9.69 Å². The zero-order valence-electron chi connectivity index (χ0n) is 17.3. The molecule has 2 aliphatic heterocycles. The van der Waals surface area contributed by atoms with Gasteiger partial charge in [0.05, 0.1) is 38.1 Å². The molecule has 0 spiro atoms. The van der Waals surface area contributed by atoms with E-state index in [-0.39, 0.29) is 11.9 Å². The van der Waals surface area contributed by atoms with Crippen LogP contribution in [-0.2, 0) is 11.2 Å². The van der Waals surface area contributed by atoms with Gasteiger partial charge in [0, 0.05) is 19.2 Å². The molecule has 0 aliphatic carbocycles. The van der Waals surface area contributed by atoms with Gasteiger partial charge in [-0.15, -0.1) is 0 Å². The highest BCUT2D eigenvalue weighted by molar-refractivity contribution is 6.01. The molecule has 1 atom stereocenters. The summed E-state index contributed by atoms with van der Waals surface area (Å²) in [5.74, 6) is 1.16. The van der Waals surface area contributed by atoms with Gasteiger partial charge in [0.2, 0.25) is 0 Å². The number of nitrogens with one attached hydrogen (secondary N) is 1. The molecule has 7 heteroatoms. The van der Waals surface area contributed by atoms with E-state index in [2.05, 4.69) is 17.4 Å². The van der Waals surface area contributed by atoms with Gasteiger partial charge in [0.1, 0.15) is 11.5 Å². The zero-order valence-corrected chi connectivity index (χ0v) is 17.3. The van der Waals surface area contributed by atoms with Gasteiger partial charge in [-0.2, -0.15) is 0 Å². The highest BCUT2D eigenvalue weighted by Crippen LogP contribution is 2.40. The number of carbonyl (C=O) groups is 2. The molecule has 156 valence electrons. The number of methoxy groups -OCH3 is 2. The van der Waals surface area contributed by atoms with Crippen LogP contribution in [0.25, 0.3) is 0 Å². The average molecular weight is 407 g/mol. The van der Waals surface area contributed by atoms with Crippen LogP contribution in [0.15, 0.2) is 59.8 Å². The van der Waals surface area contributed by atoms with Crippen LogP contribution in [-0.4, -0.2) is 56.1 Å².